The summed E-state index contributed by atoms with van der Waals surface area (Å²) in [4.78, 5) is 33.5. The molecular weight excluding hydrogens is 378 g/mol. The monoisotopic (exact) mass is 411 g/mol. The topological polar surface area (TPSA) is 53.1 Å². The van der Waals surface area contributed by atoms with Gasteiger partial charge in [-0.15, -0.1) is 0 Å². The van der Waals surface area contributed by atoms with Crippen molar-refractivity contribution in [2.24, 2.45) is 0 Å². The Bertz CT molecular complexity index is 819. The highest BCUT2D eigenvalue weighted by molar-refractivity contribution is 6.36. The summed E-state index contributed by atoms with van der Waals surface area (Å²) >= 11 is 0. The van der Waals surface area contributed by atoms with Gasteiger partial charge in [0.05, 0.1) is 12.7 Å². The van der Waals surface area contributed by atoms with E-state index in [1.165, 1.54) is 12.8 Å². The predicted octanol–water partition coefficient (Wildman–Crippen LogP) is 3.14. The van der Waals surface area contributed by atoms with Crippen LogP contribution in [-0.4, -0.2) is 72.4 Å². The Labute approximate surface area is 179 Å². The molecule has 2 aliphatic heterocycles. The van der Waals surface area contributed by atoms with Crippen LogP contribution in [-0.2, 0) is 9.59 Å². The number of hydrogen-bond acceptors (Lipinski definition) is 5. The lowest BCUT2D eigenvalue weighted by atomic mass is 10.0. The van der Waals surface area contributed by atoms with Gasteiger partial charge in [-0.25, -0.2) is 0 Å². The maximum atomic E-state index is 13.7. The average molecular weight is 412 g/mol. The summed E-state index contributed by atoms with van der Waals surface area (Å²) in [5.41, 5.74) is 1.82. The Hall–Kier alpha value is -2.34. The van der Waals surface area contributed by atoms with Gasteiger partial charge >= 0.3 is 0 Å². The first kappa shape index (κ1) is 20.9. The molecule has 30 heavy (non-hydrogen) atoms. The zero-order valence-corrected chi connectivity index (χ0v) is 18.2. The molecular formula is C24H33N3O3. The number of benzene rings is 1. The third kappa shape index (κ3) is 3.85. The summed E-state index contributed by atoms with van der Waals surface area (Å²) in [6, 6.07) is 7.57. The van der Waals surface area contributed by atoms with Crippen molar-refractivity contribution in [3.63, 3.8) is 0 Å². The number of likely N-dealkylation sites (N-methyl/N-ethyl adjacent to an activating group) is 1. The summed E-state index contributed by atoms with van der Waals surface area (Å²) < 4.78 is 5.57. The number of methoxy groups -OCH3 is 1. The summed E-state index contributed by atoms with van der Waals surface area (Å²) in [5.74, 6) is 0.378. The molecule has 0 unspecified atom stereocenters. The first-order valence-electron chi connectivity index (χ1n) is 11.4. The van der Waals surface area contributed by atoms with Gasteiger partial charge in [0.25, 0.3) is 11.8 Å². The van der Waals surface area contributed by atoms with Crippen LogP contribution < -0.4 is 4.74 Å². The van der Waals surface area contributed by atoms with Crippen LogP contribution in [0.5, 0.6) is 5.75 Å². The lowest BCUT2D eigenvalue weighted by molar-refractivity contribution is -0.140. The summed E-state index contributed by atoms with van der Waals surface area (Å²) in [7, 11) is 1.61. The van der Waals surface area contributed by atoms with Crippen LogP contribution in [0.15, 0.2) is 30.0 Å². The maximum Gasteiger partial charge on any atom is 0.278 e. The Morgan fingerprint density at radius 2 is 1.60 bits per heavy atom. The lowest BCUT2D eigenvalue weighted by Crippen LogP contribution is -2.48. The fourth-order valence-corrected chi connectivity index (χ4v) is 5.06. The Kier molecular flexibility index (Phi) is 6.42. The molecule has 0 radical (unpaired) electrons. The first-order chi connectivity index (χ1) is 14.7. The molecule has 0 spiro atoms. The van der Waals surface area contributed by atoms with E-state index in [2.05, 4.69) is 16.7 Å². The largest absolute Gasteiger partial charge is 0.496 e. The third-order valence-corrected chi connectivity index (χ3v) is 6.79. The van der Waals surface area contributed by atoms with Crippen molar-refractivity contribution in [2.45, 2.75) is 51.5 Å². The van der Waals surface area contributed by atoms with Crippen molar-refractivity contribution in [1.82, 2.24) is 14.7 Å². The average Bonchev–Trinajstić information content (AvgIpc) is 2.95. The van der Waals surface area contributed by atoms with E-state index < -0.39 is 0 Å². The molecule has 4 rings (SSSR count). The van der Waals surface area contributed by atoms with E-state index in [0.29, 0.717) is 17.0 Å². The molecule has 1 saturated heterocycles. The number of carbonyl (C=O) groups is 2. The lowest BCUT2D eigenvalue weighted by Gasteiger charge is -2.36. The molecule has 0 aromatic heterocycles. The molecule has 2 fully saturated rings. The van der Waals surface area contributed by atoms with Gasteiger partial charge < -0.3 is 14.5 Å². The Morgan fingerprint density at radius 1 is 0.933 bits per heavy atom. The van der Waals surface area contributed by atoms with E-state index >= 15 is 0 Å². The van der Waals surface area contributed by atoms with Crippen LogP contribution in [0.4, 0.5) is 0 Å². The minimum Gasteiger partial charge on any atom is -0.496 e. The minimum absolute atomic E-state index is 0.00615. The van der Waals surface area contributed by atoms with Crippen LogP contribution >= 0.6 is 0 Å². The van der Waals surface area contributed by atoms with E-state index in [-0.39, 0.29) is 17.9 Å². The molecule has 1 aliphatic carbocycles. The summed E-state index contributed by atoms with van der Waals surface area (Å²) in [5, 5.41) is 0. The standard InChI is InChI=1S/C24H33N3O3/c1-3-25-14-16-26(17-15-25)22-21(19-12-8-9-13-20(19)30-2)23(28)27(24(22)29)18-10-6-4-5-7-11-18/h8-9,12-13,18H,3-7,10-11,14-17H2,1-2H3. The molecule has 0 N–H and O–H groups in total. The third-order valence-electron chi connectivity index (χ3n) is 6.79. The number of amides is 2. The molecule has 1 aromatic rings. The molecule has 6 nitrogen and oxygen atoms in total. The van der Waals surface area contributed by atoms with Crippen LogP contribution in [0.2, 0.25) is 0 Å². The van der Waals surface area contributed by atoms with Gasteiger partial charge in [0.1, 0.15) is 11.4 Å². The molecule has 1 aromatic carbocycles. The molecule has 1 saturated carbocycles. The van der Waals surface area contributed by atoms with Crippen molar-refractivity contribution < 1.29 is 14.3 Å². The first-order valence-corrected chi connectivity index (χ1v) is 11.4. The number of rotatable bonds is 5. The van der Waals surface area contributed by atoms with E-state index in [1.807, 2.05) is 24.3 Å². The number of piperazine rings is 1. The van der Waals surface area contributed by atoms with Gasteiger partial charge in [-0.1, -0.05) is 50.8 Å². The summed E-state index contributed by atoms with van der Waals surface area (Å²) in [6.45, 7) is 6.51. The molecule has 2 amide bonds. The van der Waals surface area contributed by atoms with E-state index in [4.69, 9.17) is 4.74 Å². The van der Waals surface area contributed by atoms with Crippen molar-refractivity contribution in [1.29, 1.82) is 0 Å². The zero-order valence-electron chi connectivity index (χ0n) is 18.2. The minimum atomic E-state index is -0.149. The van der Waals surface area contributed by atoms with Crippen molar-refractivity contribution in [2.75, 3.05) is 39.8 Å². The Balaban J connectivity index is 1.74. The van der Waals surface area contributed by atoms with E-state index in [1.54, 1.807) is 12.0 Å². The van der Waals surface area contributed by atoms with Crippen LogP contribution in [0.1, 0.15) is 51.0 Å². The van der Waals surface area contributed by atoms with Crippen LogP contribution in [0.3, 0.4) is 0 Å². The number of nitrogens with zero attached hydrogens (tertiary/aromatic N) is 3. The predicted molar refractivity (Wildman–Crippen MR) is 117 cm³/mol. The van der Waals surface area contributed by atoms with Crippen LogP contribution in [0.25, 0.3) is 5.57 Å². The normalized spacial score (nSPS) is 22.1. The smallest absolute Gasteiger partial charge is 0.278 e. The number of carbonyl (C=O) groups excluding carboxylic acids is 2. The number of ether oxygens (including phenoxy) is 1. The second-order valence-electron chi connectivity index (χ2n) is 8.47. The molecule has 3 aliphatic rings. The van der Waals surface area contributed by atoms with E-state index in [0.717, 1.165) is 64.0 Å². The van der Waals surface area contributed by atoms with Gasteiger partial charge in [-0.3, -0.25) is 14.5 Å². The van der Waals surface area contributed by atoms with E-state index in [9.17, 15) is 9.59 Å². The number of para-hydroxylation sites is 1. The van der Waals surface area contributed by atoms with Crippen molar-refractivity contribution >= 4 is 17.4 Å². The molecule has 6 heteroatoms. The van der Waals surface area contributed by atoms with Crippen molar-refractivity contribution in [3.8, 4) is 5.75 Å². The Morgan fingerprint density at radius 3 is 2.23 bits per heavy atom. The highest BCUT2D eigenvalue weighted by Gasteiger charge is 2.45. The van der Waals surface area contributed by atoms with Gasteiger partial charge in [0, 0.05) is 37.8 Å². The van der Waals surface area contributed by atoms with Gasteiger partial charge in [0.15, 0.2) is 0 Å². The van der Waals surface area contributed by atoms with Crippen LogP contribution in [0, 0.1) is 0 Å². The SMILES string of the molecule is CCN1CCN(C2=C(c3ccccc3OC)C(=O)N(C3CCCCCC3)C2=O)CC1. The quantitative estimate of drug-likeness (QED) is 0.550. The second-order valence-corrected chi connectivity index (χ2v) is 8.47. The zero-order chi connectivity index (χ0) is 21.1. The van der Waals surface area contributed by atoms with Gasteiger partial charge in [0.2, 0.25) is 0 Å². The maximum absolute atomic E-state index is 13.7. The second kappa shape index (κ2) is 9.21. The summed E-state index contributed by atoms with van der Waals surface area (Å²) in [6.07, 6.45) is 6.35. The molecule has 2 heterocycles. The number of hydrogen-bond donors (Lipinski definition) is 0. The molecule has 0 atom stereocenters. The molecule has 0 bridgehead atoms. The highest BCUT2D eigenvalue weighted by atomic mass is 16.5. The van der Waals surface area contributed by atoms with Gasteiger partial charge in [-0.05, 0) is 25.5 Å². The fraction of sp³-hybridized carbons (Fsp3) is 0.583. The van der Waals surface area contributed by atoms with Gasteiger partial charge in [-0.2, -0.15) is 0 Å². The number of imide groups is 1. The highest BCUT2D eigenvalue weighted by Crippen LogP contribution is 2.39. The molecule has 162 valence electrons. The fourth-order valence-electron chi connectivity index (χ4n) is 5.06. The van der Waals surface area contributed by atoms with Crippen molar-refractivity contribution in [3.05, 3.63) is 35.5 Å².